The van der Waals surface area contributed by atoms with E-state index in [0.29, 0.717) is 11.5 Å². The van der Waals surface area contributed by atoms with Crippen LogP contribution in [0.5, 0.6) is 0 Å². The second-order valence-electron chi connectivity index (χ2n) is 8.04. The van der Waals surface area contributed by atoms with E-state index in [1.807, 2.05) is 10.7 Å². The molecule has 1 atom stereocenters. The minimum absolute atomic E-state index is 0.0800. The zero-order valence-electron chi connectivity index (χ0n) is 17.3. The smallest absolute Gasteiger partial charge is 0.224 e. The predicted molar refractivity (Wildman–Crippen MR) is 124 cm³/mol. The van der Waals surface area contributed by atoms with Gasteiger partial charge >= 0.3 is 0 Å². The Labute approximate surface area is 183 Å². The standard InChI is InChI=1S/C23H21N9/c24-21-17-11-28-32(22(17)30-23(25)29-21)16-10-15-3-1-2-4-20(15)31(13-16)12-14-5-6-18-19(9-14)27-8-7-26-18/h1-9,11,16H,10,12-13H2,(H4,24,25,29,30). The van der Waals surface area contributed by atoms with Gasteiger partial charge in [0, 0.05) is 31.2 Å². The normalized spacial score (nSPS) is 15.9. The third-order valence-corrected chi connectivity index (χ3v) is 5.97. The summed E-state index contributed by atoms with van der Waals surface area (Å²) in [5.41, 5.74) is 18.0. The van der Waals surface area contributed by atoms with Crippen molar-refractivity contribution in [1.82, 2.24) is 29.7 Å². The molecule has 1 aliphatic heterocycles. The fraction of sp³-hybridized carbons (Fsp3) is 0.174. The summed E-state index contributed by atoms with van der Waals surface area (Å²) in [4.78, 5) is 19.7. The van der Waals surface area contributed by atoms with Gasteiger partial charge in [0.1, 0.15) is 5.82 Å². The summed E-state index contributed by atoms with van der Waals surface area (Å²) < 4.78 is 1.93. The van der Waals surface area contributed by atoms with E-state index in [-0.39, 0.29) is 12.0 Å². The van der Waals surface area contributed by atoms with Gasteiger partial charge in [-0.1, -0.05) is 24.3 Å². The van der Waals surface area contributed by atoms with Gasteiger partial charge in [-0.2, -0.15) is 15.1 Å². The van der Waals surface area contributed by atoms with Crippen molar-refractivity contribution in [2.24, 2.45) is 0 Å². The topological polar surface area (TPSA) is 125 Å². The Morgan fingerprint density at radius 1 is 0.969 bits per heavy atom. The van der Waals surface area contributed by atoms with Crippen LogP contribution in [0.25, 0.3) is 22.1 Å². The lowest BCUT2D eigenvalue weighted by Crippen LogP contribution is -2.36. The number of benzene rings is 2. The molecule has 158 valence electrons. The average Bonchev–Trinajstić information content (AvgIpc) is 3.23. The van der Waals surface area contributed by atoms with Crippen molar-refractivity contribution in [2.75, 3.05) is 22.9 Å². The lowest BCUT2D eigenvalue weighted by atomic mass is 9.97. The van der Waals surface area contributed by atoms with E-state index in [2.05, 4.69) is 66.3 Å². The molecule has 0 aliphatic carbocycles. The molecule has 1 aliphatic rings. The number of rotatable bonds is 3. The Bertz CT molecular complexity index is 1460. The van der Waals surface area contributed by atoms with E-state index < -0.39 is 0 Å². The number of fused-ring (bicyclic) bond motifs is 3. The van der Waals surface area contributed by atoms with Crippen LogP contribution < -0.4 is 16.4 Å². The van der Waals surface area contributed by atoms with E-state index in [0.717, 1.165) is 35.9 Å². The highest BCUT2D eigenvalue weighted by Crippen LogP contribution is 2.34. The Hall–Kier alpha value is -4.27. The number of hydrogen-bond donors (Lipinski definition) is 2. The van der Waals surface area contributed by atoms with Crippen molar-refractivity contribution in [2.45, 2.75) is 19.0 Å². The van der Waals surface area contributed by atoms with Crippen LogP contribution in [0.4, 0.5) is 17.5 Å². The molecule has 3 aromatic heterocycles. The molecule has 0 bridgehead atoms. The predicted octanol–water partition coefficient (Wildman–Crippen LogP) is 2.74. The summed E-state index contributed by atoms with van der Waals surface area (Å²) in [6.45, 7) is 1.52. The van der Waals surface area contributed by atoms with Gasteiger partial charge in [0.15, 0.2) is 5.65 Å². The average molecular weight is 423 g/mol. The number of hydrogen-bond acceptors (Lipinski definition) is 8. The van der Waals surface area contributed by atoms with Gasteiger partial charge in [-0.25, -0.2) is 4.68 Å². The minimum atomic E-state index is 0.0800. The molecule has 4 N–H and O–H groups in total. The molecule has 6 rings (SSSR count). The number of anilines is 3. The van der Waals surface area contributed by atoms with Crippen molar-refractivity contribution in [3.8, 4) is 0 Å². The van der Waals surface area contributed by atoms with Crippen LogP contribution in [0.1, 0.15) is 17.2 Å². The molecular weight excluding hydrogens is 402 g/mol. The summed E-state index contributed by atoms with van der Waals surface area (Å²) in [6.07, 6.45) is 6.00. The Balaban J connectivity index is 1.39. The molecule has 1 unspecified atom stereocenters. The van der Waals surface area contributed by atoms with E-state index in [1.54, 1.807) is 18.6 Å². The third-order valence-electron chi connectivity index (χ3n) is 5.97. The first-order valence-electron chi connectivity index (χ1n) is 10.4. The molecule has 0 fully saturated rings. The zero-order chi connectivity index (χ0) is 21.7. The molecule has 9 nitrogen and oxygen atoms in total. The van der Waals surface area contributed by atoms with Crippen LogP contribution in [0.15, 0.2) is 61.1 Å². The molecular formula is C23H21N9. The number of nitrogen functional groups attached to an aromatic ring is 2. The molecule has 0 saturated carbocycles. The fourth-order valence-electron chi connectivity index (χ4n) is 4.54. The van der Waals surface area contributed by atoms with Gasteiger partial charge in [0.25, 0.3) is 0 Å². The Morgan fingerprint density at radius 3 is 2.72 bits per heavy atom. The highest BCUT2D eigenvalue weighted by atomic mass is 15.3. The van der Waals surface area contributed by atoms with Crippen LogP contribution in [-0.4, -0.2) is 36.3 Å². The first-order chi connectivity index (χ1) is 15.7. The highest BCUT2D eigenvalue weighted by molar-refractivity contribution is 5.86. The summed E-state index contributed by atoms with van der Waals surface area (Å²) >= 11 is 0. The van der Waals surface area contributed by atoms with E-state index in [1.165, 1.54) is 16.8 Å². The van der Waals surface area contributed by atoms with Crippen LogP contribution in [0.3, 0.4) is 0 Å². The van der Waals surface area contributed by atoms with E-state index in [9.17, 15) is 0 Å². The second-order valence-corrected chi connectivity index (χ2v) is 8.04. The third kappa shape index (κ3) is 3.06. The lowest BCUT2D eigenvalue weighted by molar-refractivity contribution is 0.439. The van der Waals surface area contributed by atoms with Crippen LogP contribution in [-0.2, 0) is 13.0 Å². The van der Waals surface area contributed by atoms with Crippen molar-refractivity contribution in [3.63, 3.8) is 0 Å². The second kappa shape index (κ2) is 7.16. The summed E-state index contributed by atoms with van der Waals surface area (Å²) in [5, 5.41) is 5.33. The Morgan fingerprint density at radius 2 is 1.81 bits per heavy atom. The molecule has 0 spiro atoms. The molecule has 0 amide bonds. The highest BCUT2D eigenvalue weighted by Gasteiger charge is 2.28. The van der Waals surface area contributed by atoms with Crippen molar-refractivity contribution in [1.29, 1.82) is 0 Å². The first-order valence-corrected chi connectivity index (χ1v) is 10.4. The van der Waals surface area contributed by atoms with Crippen molar-refractivity contribution < 1.29 is 0 Å². The van der Waals surface area contributed by atoms with Gasteiger partial charge in [0.05, 0.1) is 28.7 Å². The minimum Gasteiger partial charge on any atom is -0.383 e. The van der Waals surface area contributed by atoms with Gasteiger partial charge in [-0.05, 0) is 35.7 Å². The quantitative estimate of drug-likeness (QED) is 0.454. The molecule has 4 heterocycles. The van der Waals surface area contributed by atoms with Crippen molar-refractivity contribution in [3.05, 3.63) is 72.2 Å². The first kappa shape index (κ1) is 18.5. The molecule has 0 saturated heterocycles. The van der Waals surface area contributed by atoms with E-state index in [4.69, 9.17) is 11.5 Å². The largest absolute Gasteiger partial charge is 0.383 e. The summed E-state index contributed by atoms with van der Waals surface area (Å²) in [7, 11) is 0. The number of para-hydroxylation sites is 1. The number of nitrogens with zero attached hydrogens (tertiary/aromatic N) is 7. The summed E-state index contributed by atoms with van der Waals surface area (Å²) in [6, 6.07) is 14.8. The zero-order valence-corrected chi connectivity index (χ0v) is 17.3. The maximum Gasteiger partial charge on any atom is 0.224 e. The van der Waals surface area contributed by atoms with Gasteiger partial charge in [-0.3, -0.25) is 9.97 Å². The van der Waals surface area contributed by atoms with E-state index >= 15 is 0 Å². The number of nitrogens with two attached hydrogens (primary N) is 2. The Kier molecular flexibility index (Phi) is 4.14. The monoisotopic (exact) mass is 423 g/mol. The lowest BCUT2D eigenvalue weighted by Gasteiger charge is -2.36. The van der Waals surface area contributed by atoms with Crippen LogP contribution in [0.2, 0.25) is 0 Å². The van der Waals surface area contributed by atoms with Gasteiger partial charge in [0.2, 0.25) is 5.95 Å². The molecule has 32 heavy (non-hydrogen) atoms. The van der Waals surface area contributed by atoms with Crippen LogP contribution in [0, 0.1) is 0 Å². The maximum atomic E-state index is 6.05. The van der Waals surface area contributed by atoms with Gasteiger partial charge < -0.3 is 16.4 Å². The SMILES string of the molecule is Nc1nc(N)c2cnn(C3Cc4ccccc4N(Cc4ccc5nccnc5c4)C3)c2n1. The van der Waals surface area contributed by atoms with Gasteiger partial charge in [-0.15, -0.1) is 0 Å². The fourth-order valence-corrected chi connectivity index (χ4v) is 4.54. The van der Waals surface area contributed by atoms with Crippen LogP contribution >= 0.6 is 0 Å². The molecule has 2 aromatic carbocycles. The molecule has 5 aromatic rings. The molecule has 0 radical (unpaired) electrons. The van der Waals surface area contributed by atoms with Crippen molar-refractivity contribution >= 4 is 39.5 Å². The molecule has 9 heteroatoms. The number of aromatic nitrogens is 6. The summed E-state index contributed by atoms with van der Waals surface area (Å²) in [5.74, 6) is 0.506. The maximum absolute atomic E-state index is 6.05.